The Morgan fingerprint density at radius 1 is 0.274 bits per heavy atom. The van der Waals surface area contributed by atoms with Crippen molar-refractivity contribution in [2.24, 2.45) is 0 Å². The standard InChI is InChI=1S/C57H39N3OSi/c1-6-19-40(20-7-1)42-33-36-51(52(38-42)41-21-8-2-9-22-41)57-59-55(58-56(60-57)44-34-35-50-49-31-16-17-32-53(49)61-54(50)39-44)43-23-18-30-48(37-43)62(45-24-10-3-11-25-45,46-26-12-4-13-27-46)47-28-14-5-15-29-47/h1-39H. The number of hydrogen-bond donors (Lipinski definition) is 0. The molecule has 5 heteroatoms. The van der Waals surface area contributed by atoms with Crippen LogP contribution >= 0.6 is 0 Å². The van der Waals surface area contributed by atoms with Crippen molar-refractivity contribution in [2.75, 3.05) is 0 Å². The smallest absolute Gasteiger partial charge is 0.179 e. The molecule has 0 radical (unpaired) electrons. The van der Waals surface area contributed by atoms with Crippen molar-refractivity contribution < 1.29 is 4.42 Å². The molecule has 292 valence electrons. The van der Waals surface area contributed by atoms with Crippen molar-refractivity contribution in [3.05, 3.63) is 237 Å². The van der Waals surface area contributed by atoms with E-state index in [0.717, 1.165) is 60.9 Å². The van der Waals surface area contributed by atoms with Gasteiger partial charge >= 0.3 is 0 Å². The molecule has 62 heavy (non-hydrogen) atoms. The Bertz CT molecular complexity index is 3240. The van der Waals surface area contributed by atoms with Gasteiger partial charge in [0.25, 0.3) is 0 Å². The molecule has 0 spiro atoms. The van der Waals surface area contributed by atoms with Crippen LogP contribution in [0.3, 0.4) is 0 Å². The molecule has 0 aliphatic heterocycles. The minimum atomic E-state index is -2.84. The summed E-state index contributed by atoms with van der Waals surface area (Å²) < 4.78 is 6.39. The highest BCUT2D eigenvalue weighted by atomic mass is 28.3. The SMILES string of the molecule is c1ccc(-c2ccc(-c3nc(-c4cccc([Si](c5ccccc5)(c5ccccc5)c5ccccc5)c4)nc(-c4ccc5c(c4)oc4ccccc45)n3)c(-c3ccccc3)c2)cc1. The molecule has 0 unspecified atom stereocenters. The van der Waals surface area contributed by atoms with E-state index in [2.05, 4.69) is 206 Å². The summed E-state index contributed by atoms with van der Waals surface area (Å²) >= 11 is 0. The summed E-state index contributed by atoms with van der Waals surface area (Å²) in [5.41, 5.74) is 8.71. The van der Waals surface area contributed by atoms with E-state index in [1.807, 2.05) is 30.3 Å². The van der Waals surface area contributed by atoms with E-state index in [-0.39, 0.29) is 0 Å². The molecule has 11 rings (SSSR count). The van der Waals surface area contributed by atoms with E-state index in [1.54, 1.807) is 0 Å². The summed E-state index contributed by atoms with van der Waals surface area (Å²) in [4.78, 5) is 16.0. The van der Waals surface area contributed by atoms with E-state index < -0.39 is 8.07 Å². The first-order chi connectivity index (χ1) is 30.7. The Morgan fingerprint density at radius 3 is 1.37 bits per heavy atom. The number of fused-ring (bicyclic) bond motifs is 3. The minimum absolute atomic E-state index is 0.571. The van der Waals surface area contributed by atoms with Gasteiger partial charge in [0.2, 0.25) is 0 Å². The van der Waals surface area contributed by atoms with Gasteiger partial charge in [0.1, 0.15) is 11.2 Å². The van der Waals surface area contributed by atoms with Crippen molar-refractivity contribution in [2.45, 2.75) is 0 Å². The van der Waals surface area contributed by atoms with Gasteiger partial charge in [-0.3, -0.25) is 0 Å². The molecule has 2 heterocycles. The van der Waals surface area contributed by atoms with E-state index in [9.17, 15) is 0 Å². The maximum Gasteiger partial charge on any atom is 0.179 e. The second kappa shape index (κ2) is 15.9. The van der Waals surface area contributed by atoms with Crippen LogP contribution in [0.4, 0.5) is 0 Å². The molecule has 0 saturated carbocycles. The highest BCUT2D eigenvalue weighted by Gasteiger charge is 2.41. The molecule has 2 aromatic heterocycles. The molecule has 0 aliphatic carbocycles. The molecule has 0 N–H and O–H groups in total. The van der Waals surface area contributed by atoms with E-state index >= 15 is 0 Å². The first kappa shape index (κ1) is 37.0. The third-order valence-corrected chi connectivity index (χ3v) is 16.7. The van der Waals surface area contributed by atoms with Gasteiger partial charge in [-0.05, 0) is 73.3 Å². The molecule has 0 atom stereocenters. The fourth-order valence-corrected chi connectivity index (χ4v) is 13.8. The van der Waals surface area contributed by atoms with Crippen LogP contribution in [-0.4, -0.2) is 23.0 Å². The van der Waals surface area contributed by atoms with Gasteiger partial charge in [-0.25, -0.2) is 15.0 Å². The topological polar surface area (TPSA) is 51.8 Å². The Labute approximate surface area is 361 Å². The molecule has 11 aromatic rings. The second-order valence-electron chi connectivity index (χ2n) is 15.5. The van der Waals surface area contributed by atoms with Crippen LogP contribution in [-0.2, 0) is 0 Å². The van der Waals surface area contributed by atoms with Gasteiger partial charge in [0.05, 0.1) is 0 Å². The van der Waals surface area contributed by atoms with Crippen LogP contribution in [0.25, 0.3) is 78.4 Å². The largest absolute Gasteiger partial charge is 0.456 e. The summed E-state index contributed by atoms with van der Waals surface area (Å²) in [7, 11) is -2.84. The van der Waals surface area contributed by atoms with Crippen molar-refractivity contribution in [1.82, 2.24) is 15.0 Å². The molecule has 4 nitrogen and oxygen atoms in total. The van der Waals surface area contributed by atoms with Gasteiger partial charge in [-0.1, -0.05) is 206 Å². The number of para-hydroxylation sites is 1. The lowest BCUT2D eigenvalue weighted by Gasteiger charge is -2.34. The zero-order chi connectivity index (χ0) is 41.3. The van der Waals surface area contributed by atoms with E-state index in [0.29, 0.717) is 17.5 Å². The Hall–Kier alpha value is -7.99. The van der Waals surface area contributed by atoms with Gasteiger partial charge < -0.3 is 4.42 Å². The Balaban J connectivity index is 1.15. The number of nitrogens with zero attached hydrogens (tertiary/aromatic N) is 3. The number of furan rings is 1. The van der Waals surface area contributed by atoms with Gasteiger partial charge in [-0.2, -0.15) is 0 Å². The first-order valence-electron chi connectivity index (χ1n) is 20.9. The van der Waals surface area contributed by atoms with Crippen LogP contribution in [0.15, 0.2) is 241 Å². The predicted octanol–water partition coefficient (Wildman–Crippen LogP) is 11.5. The second-order valence-corrected chi connectivity index (χ2v) is 19.3. The zero-order valence-corrected chi connectivity index (χ0v) is 34.8. The molecule has 9 aromatic carbocycles. The molecular weight excluding hydrogens is 771 g/mol. The molecule has 0 bridgehead atoms. The number of hydrogen-bond acceptors (Lipinski definition) is 4. The number of rotatable bonds is 9. The van der Waals surface area contributed by atoms with Crippen molar-refractivity contribution in [1.29, 1.82) is 0 Å². The van der Waals surface area contributed by atoms with Gasteiger partial charge in [0.15, 0.2) is 25.5 Å². The van der Waals surface area contributed by atoms with Crippen LogP contribution in [0, 0.1) is 0 Å². The van der Waals surface area contributed by atoms with Crippen molar-refractivity contribution in [3.8, 4) is 56.4 Å². The maximum absolute atomic E-state index is 6.39. The summed E-state index contributed by atoms with van der Waals surface area (Å²) in [6.45, 7) is 0. The van der Waals surface area contributed by atoms with E-state index in [4.69, 9.17) is 19.4 Å². The summed E-state index contributed by atoms with van der Waals surface area (Å²) in [5.74, 6) is 1.76. The zero-order valence-electron chi connectivity index (χ0n) is 33.8. The van der Waals surface area contributed by atoms with Crippen LogP contribution in [0.1, 0.15) is 0 Å². The van der Waals surface area contributed by atoms with Crippen LogP contribution in [0.5, 0.6) is 0 Å². The number of aromatic nitrogens is 3. The third-order valence-electron chi connectivity index (χ3n) is 11.9. The monoisotopic (exact) mass is 809 g/mol. The minimum Gasteiger partial charge on any atom is -0.456 e. The summed E-state index contributed by atoms with van der Waals surface area (Å²) in [6, 6.07) is 83.9. The lowest BCUT2D eigenvalue weighted by molar-refractivity contribution is 0.669. The molecular formula is C57H39N3OSi. The molecule has 0 amide bonds. The fraction of sp³-hybridized carbons (Fsp3) is 0. The highest BCUT2D eigenvalue weighted by Crippen LogP contribution is 2.37. The molecule has 0 saturated heterocycles. The Kier molecular flexibility index (Phi) is 9.49. The first-order valence-corrected chi connectivity index (χ1v) is 22.9. The lowest BCUT2D eigenvalue weighted by Crippen LogP contribution is -2.74. The lowest BCUT2D eigenvalue weighted by atomic mass is 9.94. The maximum atomic E-state index is 6.39. The Morgan fingerprint density at radius 2 is 0.742 bits per heavy atom. The molecule has 0 aliphatic rings. The normalized spacial score (nSPS) is 11.5. The molecule has 0 fully saturated rings. The van der Waals surface area contributed by atoms with Gasteiger partial charge in [-0.15, -0.1) is 0 Å². The van der Waals surface area contributed by atoms with Crippen molar-refractivity contribution >= 4 is 50.8 Å². The summed E-state index contributed by atoms with van der Waals surface area (Å²) in [6.07, 6.45) is 0. The predicted molar refractivity (Wildman–Crippen MR) is 258 cm³/mol. The fourth-order valence-electron chi connectivity index (χ4n) is 8.98. The van der Waals surface area contributed by atoms with E-state index in [1.165, 1.54) is 20.7 Å². The number of benzene rings is 9. The summed E-state index contributed by atoms with van der Waals surface area (Å²) in [5, 5.41) is 7.28. The average molecular weight is 810 g/mol. The van der Waals surface area contributed by atoms with Crippen LogP contribution < -0.4 is 20.7 Å². The van der Waals surface area contributed by atoms with Crippen LogP contribution in [0.2, 0.25) is 0 Å². The highest BCUT2D eigenvalue weighted by molar-refractivity contribution is 7.19. The quantitative estimate of drug-likeness (QED) is 0.108. The van der Waals surface area contributed by atoms with Gasteiger partial charge in [0, 0.05) is 27.5 Å². The van der Waals surface area contributed by atoms with Crippen molar-refractivity contribution in [3.63, 3.8) is 0 Å². The third kappa shape index (κ3) is 6.62. The average Bonchev–Trinajstić information content (AvgIpc) is 3.74.